The van der Waals surface area contributed by atoms with Crippen LogP contribution in [-0.4, -0.2) is 23.3 Å². The van der Waals surface area contributed by atoms with Crippen molar-refractivity contribution < 1.29 is 4.79 Å². The van der Waals surface area contributed by atoms with Gasteiger partial charge < -0.3 is 0 Å². The van der Waals surface area contributed by atoms with E-state index in [1.54, 1.807) is 11.3 Å². The normalized spacial score (nSPS) is 39.6. The summed E-state index contributed by atoms with van der Waals surface area (Å²) in [5, 5.41) is 4.57. The number of hydrogen-bond donors (Lipinski definition) is 0. The van der Waals surface area contributed by atoms with Crippen LogP contribution in [0.3, 0.4) is 0 Å². The number of thiophene rings is 1. The summed E-state index contributed by atoms with van der Waals surface area (Å²) in [5.74, 6) is 0.297. The first kappa shape index (κ1) is 9.14. The van der Waals surface area contributed by atoms with Gasteiger partial charge in [-0.05, 0) is 34.4 Å². The lowest BCUT2D eigenvalue weighted by atomic mass is 9.68. The first-order valence-electron chi connectivity index (χ1n) is 5.81. The SMILES string of the molecule is O=C1C=CC23CCN(Cc4cscc42)C3C1. The lowest BCUT2D eigenvalue weighted by Gasteiger charge is -2.42. The maximum atomic E-state index is 11.6. The Kier molecular flexibility index (Phi) is 1.62. The number of ketones is 1. The van der Waals surface area contributed by atoms with Gasteiger partial charge in [-0.15, -0.1) is 0 Å². The first-order chi connectivity index (χ1) is 7.79. The van der Waals surface area contributed by atoms with E-state index in [1.165, 1.54) is 17.5 Å². The molecule has 1 aromatic rings. The molecule has 3 atom stereocenters. The third-order valence-electron chi connectivity index (χ3n) is 4.43. The van der Waals surface area contributed by atoms with Gasteiger partial charge in [-0.3, -0.25) is 9.69 Å². The fraction of sp³-hybridized carbons (Fsp3) is 0.462. The maximum Gasteiger partial charge on any atom is 0.157 e. The third-order valence-corrected chi connectivity index (χ3v) is 5.22. The first-order valence-corrected chi connectivity index (χ1v) is 6.75. The van der Waals surface area contributed by atoms with Crippen molar-refractivity contribution in [3.05, 3.63) is 34.0 Å². The number of rotatable bonds is 0. The van der Waals surface area contributed by atoms with Crippen molar-refractivity contribution in [2.75, 3.05) is 6.54 Å². The van der Waals surface area contributed by atoms with Gasteiger partial charge in [0.1, 0.15) is 0 Å². The minimum absolute atomic E-state index is 0.168. The molecule has 1 aliphatic carbocycles. The zero-order chi connectivity index (χ0) is 10.8. The molecule has 1 fully saturated rings. The second-order valence-corrected chi connectivity index (χ2v) is 5.83. The topological polar surface area (TPSA) is 20.3 Å². The van der Waals surface area contributed by atoms with Crippen LogP contribution < -0.4 is 0 Å². The Hall–Kier alpha value is -0.930. The van der Waals surface area contributed by atoms with Crippen molar-refractivity contribution in [1.82, 2.24) is 4.90 Å². The molecule has 3 heterocycles. The molecule has 82 valence electrons. The number of allylic oxidation sites excluding steroid dienone is 1. The van der Waals surface area contributed by atoms with Gasteiger partial charge in [-0.25, -0.2) is 0 Å². The minimum Gasteiger partial charge on any atom is -0.295 e. The zero-order valence-corrected chi connectivity index (χ0v) is 9.80. The van der Waals surface area contributed by atoms with Gasteiger partial charge >= 0.3 is 0 Å². The summed E-state index contributed by atoms with van der Waals surface area (Å²) >= 11 is 1.80. The van der Waals surface area contributed by atoms with E-state index in [1.807, 2.05) is 6.08 Å². The van der Waals surface area contributed by atoms with Crippen LogP contribution in [0.25, 0.3) is 0 Å². The quantitative estimate of drug-likeness (QED) is 0.681. The molecule has 4 rings (SSSR count). The summed E-state index contributed by atoms with van der Waals surface area (Å²) in [6.07, 6.45) is 5.90. The molecular weight excluding hydrogens is 218 g/mol. The molecule has 3 heteroatoms. The molecule has 3 unspecified atom stereocenters. The van der Waals surface area contributed by atoms with Gasteiger partial charge in [0.2, 0.25) is 0 Å². The average Bonchev–Trinajstić information content (AvgIpc) is 2.84. The van der Waals surface area contributed by atoms with Gasteiger partial charge in [-0.2, -0.15) is 11.3 Å². The van der Waals surface area contributed by atoms with Crippen LogP contribution in [0.4, 0.5) is 0 Å². The highest BCUT2D eigenvalue weighted by Crippen LogP contribution is 2.51. The maximum absolute atomic E-state index is 11.6. The Labute approximate surface area is 98.6 Å². The Morgan fingerprint density at radius 1 is 1.44 bits per heavy atom. The van der Waals surface area contributed by atoms with Crippen molar-refractivity contribution in [2.45, 2.75) is 30.8 Å². The number of carbonyl (C=O) groups is 1. The number of fused-ring (bicyclic) bond motifs is 1. The fourth-order valence-corrected chi connectivity index (χ4v) is 4.59. The van der Waals surface area contributed by atoms with Crippen molar-refractivity contribution in [1.29, 1.82) is 0 Å². The highest BCUT2D eigenvalue weighted by molar-refractivity contribution is 7.08. The molecule has 3 aliphatic rings. The second kappa shape index (κ2) is 2.84. The molecule has 0 radical (unpaired) electrons. The summed E-state index contributed by atoms with van der Waals surface area (Å²) in [7, 11) is 0. The van der Waals surface area contributed by atoms with Crippen molar-refractivity contribution >= 4 is 17.1 Å². The monoisotopic (exact) mass is 231 g/mol. The molecular formula is C13H13NOS. The molecule has 2 nitrogen and oxygen atoms in total. The standard InChI is InChI=1S/C13H13NOS/c15-10-1-2-13-3-4-14(12(13)5-10)6-9-7-16-8-11(9)13/h1-2,7-8,12H,3-6H2. The van der Waals surface area contributed by atoms with Crippen molar-refractivity contribution in [3.8, 4) is 0 Å². The van der Waals surface area contributed by atoms with E-state index in [2.05, 4.69) is 21.7 Å². The molecule has 2 bridgehead atoms. The van der Waals surface area contributed by atoms with Gasteiger partial charge in [-0.1, -0.05) is 6.08 Å². The predicted molar refractivity (Wildman–Crippen MR) is 63.6 cm³/mol. The highest BCUT2D eigenvalue weighted by Gasteiger charge is 2.52. The van der Waals surface area contributed by atoms with Crippen molar-refractivity contribution in [2.24, 2.45) is 0 Å². The molecule has 1 saturated heterocycles. The molecule has 1 aromatic heterocycles. The average molecular weight is 231 g/mol. The molecule has 0 amide bonds. The Morgan fingerprint density at radius 2 is 2.38 bits per heavy atom. The van der Waals surface area contributed by atoms with E-state index in [4.69, 9.17) is 0 Å². The lowest BCUT2D eigenvalue weighted by molar-refractivity contribution is -0.116. The van der Waals surface area contributed by atoms with Crippen LogP contribution >= 0.6 is 11.3 Å². The van der Waals surface area contributed by atoms with Crippen LogP contribution in [0.5, 0.6) is 0 Å². The fourth-order valence-electron chi connectivity index (χ4n) is 3.65. The lowest BCUT2D eigenvalue weighted by Crippen LogP contribution is -2.48. The Balaban J connectivity index is 1.97. The summed E-state index contributed by atoms with van der Waals surface area (Å²) in [6.45, 7) is 2.19. The van der Waals surface area contributed by atoms with Gasteiger partial charge in [0, 0.05) is 31.0 Å². The molecule has 2 aliphatic heterocycles. The highest BCUT2D eigenvalue weighted by atomic mass is 32.1. The smallest absolute Gasteiger partial charge is 0.157 e. The Morgan fingerprint density at radius 3 is 3.31 bits per heavy atom. The minimum atomic E-state index is 0.168. The van der Waals surface area contributed by atoms with Gasteiger partial charge in [0.05, 0.1) is 0 Å². The molecule has 0 aromatic carbocycles. The van der Waals surface area contributed by atoms with Crippen molar-refractivity contribution in [3.63, 3.8) is 0 Å². The second-order valence-electron chi connectivity index (χ2n) is 5.09. The molecule has 0 saturated carbocycles. The number of hydrogen-bond acceptors (Lipinski definition) is 3. The van der Waals surface area contributed by atoms with E-state index in [-0.39, 0.29) is 5.41 Å². The number of nitrogens with zero attached hydrogens (tertiary/aromatic N) is 1. The van der Waals surface area contributed by atoms with E-state index in [0.29, 0.717) is 18.2 Å². The van der Waals surface area contributed by atoms with Gasteiger partial charge in [0.15, 0.2) is 5.78 Å². The molecule has 16 heavy (non-hydrogen) atoms. The summed E-state index contributed by atoms with van der Waals surface area (Å²) in [5.41, 5.74) is 3.15. The zero-order valence-electron chi connectivity index (χ0n) is 8.98. The Bertz CT molecular complexity index is 504. The van der Waals surface area contributed by atoms with E-state index < -0.39 is 0 Å². The van der Waals surface area contributed by atoms with Crippen LogP contribution in [0.1, 0.15) is 24.0 Å². The largest absolute Gasteiger partial charge is 0.295 e. The summed E-state index contributed by atoms with van der Waals surface area (Å²) in [6, 6.07) is 0.437. The van der Waals surface area contributed by atoms with Crippen LogP contribution in [-0.2, 0) is 16.8 Å². The van der Waals surface area contributed by atoms with E-state index in [0.717, 1.165) is 13.1 Å². The van der Waals surface area contributed by atoms with E-state index in [9.17, 15) is 4.79 Å². The van der Waals surface area contributed by atoms with Crippen LogP contribution in [0, 0.1) is 0 Å². The summed E-state index contributed by atoms with van der Waals surface area (Å²) in [4.78, 5) is 14.1. The van der Waals surface area contributed by atoms with Crippen LogP contribution in [0.2, 0.25) is 0 Å². The van der Waals surface area contributed by atoms with E-state index >= 15 is 0 Å². The van der Waals surface area contributed by atoms with Gasteiger partial charge in [0.25, 0.3) is 0 Å². The van der Waals surface area contributed by atoms with Crippen LogP contribution in [0.15, 0.2) is 22.9 Å². The molecule has 0 N–H and O–H groups in total. The predicted octanol–water partition coefficient (Wildman–Crippen LogP) is 2.10. The number of carbonyl (C=O) groups excluding carboxylic acids is 1. The summed E-state index contributed by atoms with van der Waals surface area (Å²) < 4.78 is 0. The molecule has 0 spiro atoms. The third kappa shape index (κ3) is 0.937.